The van der Waals surface area contributed by atoms with Crippen LogP contribution < -0.4 is 21.7 Å². The van der Waals surface area contributed by atoms with E-state index in [4.69, 9.17) is 11.7 Å². The van der Waals surface area contributed by atoms with Gasteiger partial charge in [0.05, 0.1) is 22.5 Å². The first-order valence-corrected chi connectivity index (χ1v) is 9.91. The van der Waals surface area contributed by atoms with Crippen LogP contribution in [0.3, 0.4) is 0 Å². The van der Waals surface area contributed by atoms with E-state index in [1.54, 1.807) is 46.4 Å². The summed E-state index contributed by atoms with van der Waals surface area (Å²) in [4.78, 5) is 26.7. The molecule has 0 saturated carbocycles. The summed E-state index contributed by atoms with van der Waals surface area (Å²) in [6, 6.07) is 10.5. The third-order valence-corrected chi connectivity index (χ3v) is 5.15. The summed E-state index contributed by atoms with van der Waals surface area (Å²) in [6.45, 7) is 5.40. The van der Waals surface area contributed by atoms with Crippen molar-refractivity contribution in [1.82, 2.24) is 0 Å². The number of anilines is 2. The molecule has 0 unspecified atom stereocenters. The van der Waals surface area contributed by atoms with E-state index in [-0.39, 0.29) is 11.6 Å². The Labute approximate surface area is 166 Å². The molecule has 2 aromatic carbocycles. The smallest absolute Gasteiger partial charge is 0.196 e. The summed E-state index contributed by atoms with van der Waals surface area (Å²) in [6.07, 6.45) is 3.79. The van der Waals surface area contributed by atoms with Crippen LogP contribution in [0.2, 0.25) is 0 Å². The van der Waals surface area contributed by atoms with Gasteiger partial charge in [0.15, 0.2) is 11.6 Å². The van der Waals surface area contributed by atoms with E-state index in [1.807, 2.05) is 0 Å². The van der Waals surface area contributed by atoms with Crippen molar-refractivity contribution in [3.05, 3.63) is 58.7 Å². The number of benzene rings is 2. The first-order valence-electron chi connectivity index (χ1n) is 9.91. The maximum atomic E-state index is 13.3. The highest BCUT2D eigenvalue weighted by Gasteiger charge is 2.34. The molecule has 2 aromatic rings. The number of carbonyl (C=O) groups excluding carboxylic acids is 2. The van der Waals surface area contributed by atoms with Crippen LogP contribution in [0.5, 0.6) is 0 Å². The number of nitrogens with zero attached hydrogens (tertiary/aromatic N) is 2. The van der Waals surface area contributed by atoms with Crippen molar-refractivity contribution < 1.29 is 9.59 Å². The van der Waals surface area contributed by atoms with Gasteiger partial charge in [0.2, 0.25) is 0 Å². The van der Waals surface area contributed by atoms with Crippen LogP contribution in [0.1, 0.15) is 71.4 Å². The van der Waals surface area contributed by atoms with Crippen molar-refractivity contribution in [2.75, 3.05) is 23.1 Å². The molecule has 0 spiro atoms. The predicted octanol–water partition coefficient (Wildman–Crippen LogP) is 3.42. The van der Waals surface area contributed by atoms with Crippen molar-refractivity contribution in [1.29, 1.82) is 0 Å². The number of carbonyl (C=O) groups is 2. The number of hydrogen-bond acceptors (Lipinski definition) is 6. The highest BCUT2D eigenvalue weighted by molar-refractivity contribution is 6.31. The van der Waals surface area contributed by atoms with Crippen LogP contribution in [0.4, 0.5) is 11.4 Å². The van der Waals surface area contributed by atoms with Crippen LogP contribution in [-0.2, 0) is 0 Å². The highest BCUT2D eigenvalue weighted by Crippen LogP contribution is 2.36. The number of ketones is 2. The van der Waals surface area contributed by atoms with Gasteiger partial charge in [-0.1, -0.05) is 51.0 Å². The van der Waals surface area contributed by atoms with Crippen molar-refractivity contribution in [3.63, 3.8) is 0 Å². The average molecular weight is 380 g/mol. The molecule has 4 N–H and O–H groups in total. The molecule has 6 nitrogen and oxygen atoms in total. The Morgan fingerprint density at radius 3 is 1.46 bits per heavy atom. The SMILES string of the molecule is CCCCN(N)c1cccc2c1C(=O)c1cccc(N(N)CCCC)c1C2=O. The predicted molar refractivity (Wildman–Crippen MR) is 113 cm³/mol. The van der Waals surface area contributed by atoms with Gasteiger partial charge in [-0.15, -0.1) is 0 Å². The van der Waals surface area contributed by atoms with E-state index >= 15 is 0 Å². The molecule has 0 radical (unpaired) electrons. The van der Waals surface area contributed by atoms with Crippen LogP contribution in [0, 0.1) is 0 Å². The van der Waals surface area contributed by atoms with Crippen LogP contribution in [-0.4, -0.2) is 24.7 Å². The number of hydrogen-bond donors (Lipinski definition) is 2. The fourth-order valence-electron chi connectivity index (χ4n) is 3.58. The normalized spacial score (nSPS) is 12.6. The molecule has 3 rings (SSSR count). The van der Waals surface area contributed by atoms with Gasteiger partial charge in [-0.3, -0.25) is 9.59 Å². The molecule has 0 bridgehead atoms. The lowest BCUT2D eigenvalue weighted by Gasteiger charge is -2.28. The third kappa shape index (κ3) is 3.53. The molecule has 28 heavy (non-hydrogen) atoms. The molecule has 0 atom stereocenters. The molecule has 0 amide bonds. The maximum absolute atomic E-state index is 13.3. The quantitative estimate of drug-likeness (QED) is 0.459. The van der Waals surface area contributed by atoms with E-state index < -0.39 is 0 Å². The summed E-state index contributed by atoms with van der Waals surface area (Å²) in [5.41, 5.74) is 2.73. The van der Waals surface area contributed by atoms with Crippen LogP contribution in [0.25, 0.3) is 0 Å². The zero-order chi connectivity index (χ0) is 20.3. The Bertz CT molecular complexity index is 821. The van der Waals surface area contributed by atoms with Crippen molar-refractivity contribution in [2.24, 2.45) is 11.7 Å². The summed E-state index contributed by atoms with van der Waals surface area (Å²) in [7, 11) is 0. The number of fused-ring (bicyclic) bond motifs is 2. The summed E-state index contributed by atoms with van der Waals surface area (Å²) < 4.78 is 0. The molecule has 0 aliphatic heterocycles. The zero-order valence-corrected chi connectivity index (χ0v) is 16.6. The largest absolute Gasteiger partial charge is 0.310 e. The minimum Gasteiger partial charge on any atom is -0.310 e. The first-order chi connectivity index (χ1) is 13.5. The van der Waals surface area contributed by atoms with Crippen molar-refractivity contribution in [2.45, 2.75) is 39.5 Å². The van der Waals surface area contributed by atoms with E-state index in [0.717, 1.165) is 25.7 Å². The molecular weight excluding hydrogens is 352 g/mol. The number of hydrazine groups is 2. The lowest BCUT2D eigenvalue weighted by molar-refractivity contribution is 0.0979. The standard InChI is InChI=1S/C22H28N4O2/c1-3-5-13-25(23)17-11-7-9-15-19(17)21(27)16-10-8-12-18(20(16)22(15)28)26(24)14-6-4-2/h7-12H,3-6,13-14,23-24H2,1-2H3. The monoisotopic (exact) mass is 380 g/mol. The molecule has 0 saturated heterocycles. The van der Waals surface area contributed by atoms with Gasteiger partial charge in [-0.25, -0.2) is 11.7 Å². The molecule has 1 aliphatic carbocycles. The molecule has 148 valence electrons. The Morgan fingerprint density at radius 1 is 0.714 bits per heavy atom. The van der Waals surface area contributed by atoms with E-state index in [9.17, 15) is 9.59 Å². The molecule has 0 fully saturated rings. The highest BCUT2D eigenvalue weighted by atomic mass is 16.1. The van der Waals surface area contributed by atoms with E-state index in [0.29, 0.717) is 46.7 Å². The minimum atomic E-state index is -0.183. The van der Waals surface area contributed by atoms with Crippen LogP contribution in [0.15, 0.2) is 36.4 Å². The lowest BCUT2D eigenvalue weighted by atomic mass is 9.82. The van der Waals surface area contributed by atoms with Gasteiger partial charge < -0.3 is 10.0 Å². The molecule has 0 heterocycles. The van der Waals surface area contributed by atoms with Gasteiger partial charge in [-0.05, 0) is 25.0 Å². The zero-order valence-electron chi connectivity index (χ0n) is 16.6. The van der Waals surface area contributed by atoms with Gasteiger partial charge in [0.1, 0.15) is 0 Å². The van der Waals surface area contributed by atoms with Gasteiger partial charge in [-0.2, -0.15) is 0 Å². The third-order valence-electron chi connectivity index (χ3n) is 5.15. The van der Waals surface area contributed by atoms with Crippen LogP contribution >= 0.6 is 0 Å². The summed E-state index contributed by atoms with van der Waals surface area (Å²) in [5.74, 6) is 12.0. The fourth-order valence-corrected chi connectivity index (χ4v) is 3.58. The van der Waals surface area contributed by atoms with Gasteiger partial charge in [0, 0.05) is 24.2 Å². The Balaban J connectivity index is 2.08. The Morgan fingerprint density at radius 2 is 1.11 bits per heavy atom. The Hall–Kier alpha value is -2.70. The lowest BCUT2D eigenvalue weighted by Crippen LogP contribution is -2.36. The number of unbranched alkanes of at least 4 members (excludes halogenated alkanes) is 2. The topological polar surface area (TPSA) is 92.7 Å². The second-order valence-electron chi connectivity index (χ2n) is 7.15. The second-order valence-corrected chi connectivity index (χ2v) is 7.15. The van der Waals surface area contributed by atoms with E-state index in [2.05, 4.69) is 13.8 Å². The maximum Gasteiger partial charge on any atom is 0.196 e. The molecular formula is C22H28N4O2. The molecule has 1 aliphatic rings. The summed E-state index contributed by atoms with van der Waals surface area (Å²) in [5, 5.41) is 3.14. The minimum absolute atomic E-state index is 0.183. The summed E-state index contributed by atoms with van der Waals surface area (Å²) >= 11 is 0. The second kappa shape index (κ2) is 8.54. The number of nitrogens with two attached hydrogens (primary N) is 2. The molecule has 0 aromatic heterocycles. The fraction of sp³-hybridized carbons (Fsp3) is 0.364. The van der Waals surface area contributed by atoms with E-state index in [1.165, 1.54) is 0 Å². The van der Waals surface area contributed by atoms with Gasteiger partial charge in [0.25, 0.3) is 0 Å². The average Bonchev–Trinajstić information content (AvgIpc) is 2.72. The van der Waals surface area contributed by atoms with Crippen molar-refractivity contribution in [3.8, 4) is 0 Å². The number of rotatable bonds is 8. The van der Waals surface area contributed by atoms with Gasteiger partial charge >= 0.3 is 0 Å². The molecule has 6 heteroatoms. The van der Waals surface area contributed by atoms with Crippen molar-refractivity contribution >= 4 is 22.9 Å². The first kappa shape index (κ1) is 20.0. The Kier molecular flexibility index (Phi) is 6.11.